The van der Waals surface area contributed by atoms with Crippen LogP contribution in [0.15, 0.2) is 48.5 Å². The van der Waals surface area contributed by atoms with E-state index in [0.717, 1.165) is 11.1 Å². The molecule has 3 aliphatic rings. The second-order valence-corrected chi connectivity index (χ2v) is 8.67. The van der Waals surface area contributed by atoms with Crippen LogP contribution in [-0.2, 0) is 16.1 Å². The summed E-state index contributed by atoms with van der Waals surface area (Å²) in [5, 5.41) is 8.00. The molecule has 0 aromatic heterocycles. The third-order valence-electron chi connectivity index (χ3n) is 6.75. The molecule has 5 unspecified atom stereocenters. The zero-order valence-corrected chi connectivity index (χ0v) is 17.4. The van der Waals surface area contributed by atoms with Crippen LogP contribution in [0.3, 0.4) is 0 Å². The molecular weight excluding hydrogens is 416 g/mol. The zero-order chi connectivity index (χ0) is 22.2. The Morgan fingerprint density at radius 1 is 1.03 bits per heavy atom. The number of hydrogen-bond donors (Lipinski definition) is 4. The maximum Gasteiger partial charge on any atom is 0.226 e. The van der Waals surface area contributed by atoms with Gasteiger partial charge in [0.05, 0.1) is 12.0 Å². The molecule has 168 valence electrons. The van der Waals surface area contributed by atoms with Crippen LogP contribution in [0.1, 0.15) is 36.4 Å². The van der Waals surface area contributed by atoms with Crippen LogP contribution in [0.25, 0.3) is 0 Å². The summed E-state index contributed by atoms with van der Waals surface area (Å²) >= 11 is 0. The number of hydrazine groups is 2. The van der Waals surface area contributed by atoms with Crippen LogP contribution in [0, 0.1) is 23.5 Å². The molecule has 2 aromatic rings. The molecule has 5 rings (SSSR count). The number of nitrogens with one attached hydrogen (secondary N) is 4. The molecule has 0 bridgehead atoms. The van der Waals surface area contributed by atoms with Gasteiger partial charge in [-0.15, -0.1) is 0 Å². The summed E-state index contributed by atoms with van der Waals surface area (Å²) in [6.45, 7) is 0.336. The Hall–Kier alpha value is -2.88. The van der Waals surface area contributed by atoms with E-state index in [1.54, 1.807) is 24.3 Å². The van der Waals surface area contributed by atoms with Gasteiger partial charge in [0, 0.05) is 18.5 Å². The lowest BCUT2D eigenvalue weighted by atomic mass is 9.75. The molecule has 4 N–H and O–H groups in total. The van der Waals surface area contributed by atoms with E-state index in [4.69, 9.17) is 0 Å². The third-order valence-corrected chi connectivity index (χ3v) is 6.75. The van der Waals surface area contributed by atoms with E-state index in [9.17, 15) is 18.4 Å². The third kappa shape index (κ3) is 3.99. The molecule has 7 nitrogen and oxygen atoms in total. The smallest absolute Gasteiger partial charge is 0.226 e. The summed E-state index contributed by atoms with van der Waals surface area (Å²) < 4.78 is 26.4. The first-order valence-corrected chi connectivity index (χ1v) is 10.9. The molecule has 0 spiro atoms. The molecule has 2 saturated heterocycles. The fraction of sp³-hybridized carbons (Fsp3) is 0.391. The van der Waals surface area contributed by atoms with Crippen LogP contribution in [0.2, 0.25) is 0 Å². The molecule has 1 saturated carbocycles. The largest absolute Gasteiger partial charge is 0.352 e. The van der Waals surface area contributed by atoms with Crippen molar-refractivity contribution in [3.05, 3.63) is 71.3 Å². The minimum Gasteiger partial charge on any atom is -0.352 e. The number of nitrogens with zero attached hydrogens (tertiary/aromatic N) is 1. The van der Waals surface area contributed by atoms with Crippen molar-refractivity contribution in [2.24, 2.45) is 11.8 Å². The minimum atomic E-state index is -0.338. The molecule has 0 radical (unpaired) electrons. The SMILES string of the molecule is O=C(NCc1ccc(F)cc1)C1CCC2C(=O)NC3C(c4ccc(F)cc4)NNN3C2C1. The number of hydrogen-bond acceptors (Lipinski definition) is 5. The van der Waals surface area contributed by atoms with E-state index in [1.807, 2.05) is 5.01 Å². The van der Waals surface area contributed by atoms with Gasteiger partial charge in [-0.2, -0.15) is 5.53 Å². The van der Waals surface area contributed by atoms with Crippen molar-refractivity contribution in [3.63, 3.8) is 0 Å². The Balaban J connectivity index is 1.26. The fourth-order valence-corrected chi connectivity index (χ4v) is 5.02. The van der Waals surface area contributed by atoms with Gasteiger partial charge in [-0.25, -0.2) is 19.2 Å². The predicted octanol–water partition coefficient (Wildman–Crippen LogP) is 1.89. The molecular formula is C23H25F2N5O2. The highest BCUT2D eigenvalue weighted by Crippen LogP contribution is 2.38. The van der Waals surface area contributed by atoms with Gasteiger partial charge in [-0.05, 0) is 54.7 Å². The molecule has 32 heavy (non-hydrogen) atoms. The summed E-state index contributed by atoms with van der Waals surface area (Å²) in [7, 11) is 0. The average Bonchev–Trinajstić information content (AvgIpc) is 3.22. The zero-order valence-electron chi connectivity index (χ0n) is 17.4. The van der Waals surface area contributed by atoms with Gasteiger partial charge in [0.15, 0.2) is 0 Å². The van der Waals surface area contributed by atoms with Gasteiger partial charge >= 0.3 is 0 Å². The first-order chi connectivity index (χ1) is 15.5. The summed E-state index contributed by atoms with van der Waals surface area (Å²) in [5.41, 5.74) is 8.05. The van der Waals surface area contributed by atoms with Crippen molar-refractivity contribution in [2.75, 3.05) is 0 Å². The normalized spacial score (nSPS) is 29.7. The number of rotatable bonds is 4. The average molecular weight is 441 g/mol. The highest BCUT2D eigenvalue weighted by atomic mass is 19.1. The first-order valence-electron chi connectivity index (χ1n) is 10.9. The summed E-state index contributed by atoms with van der Waals surface area (Å²) in [6.07, 6.45) is 1.47. The highest BCUT2D eigenvalue weighted by Gasteiger charge is 2.51. The Morgan fingerprint density at radius 2 is 1.72 bits per heavy atom. The van der Waals surface area contributed by atoms with E-state index in [1.165, 1.54) is 24.3 Å². The number of carbonyl (C=O) groups is 2. The van der Waals surface area contributed by atoms with Gasteiger partial charge in [0.25, 0.3) is 0 Å². The van der Waals surface area contributed by atoms with Gasteiger partial charge in [0.1, 0.15) is 17.8 Å². The van der Waals surface area contributed by atoms with Crippen LogP contribution in [-0.4, -0.2) is 29.0 Å². The molecule has 2 aromatic carbocycles. The van der Waals surface area contributed by atoms with E-state index in [2.05, 4.69) is 21.6 Å². The molecule has 2 heterocycles. The lowest BCUT2D eigenvalue weighted by molar-refractivity contribution is -0.143. The molecule has 9 heteroatoms. The summed E-state index contributed by atoms with van der Waals surface area (Å²) in [4.78, 5) is 25.7. The first kappa shape index (κ1) is 21.0. The van der Waals surface area contributed by atoms with Gasteiger partial charge in [-0.3, -0.25) is 9.59 Å². The van der Waals surface area contributed by atoms with Crippen molar-refractivity contribution in [3.8, 4) is 0 Å². The summed E-state index contributed by atoms with van der Waals surface area (Å²) in [5.74, 6) is -1.11. The van der Waals surface area contributed by atoms with Crippen LogP contribution in [0.4, 0.5) is 8.78 Å². The molecule has 5 atom stereocenters. The number of amides is 2. The van der Waals surface area contributed by atoms with E-state index in [-0.39, 0.29) is 53.5 Å². The monoisotopic (exact) mass is 441 g/mol. The second-order valence-electron chi connectivity index (χ2n) is 8.67. The summed E-state index contributed by atoms with van der Waals surface area (Å²) in [6, 6.07) is 11.9. The van der Waals surface area contributed by atoms with Crippen molar-refractivity contribution in [1.82, 2.24) is 26.6 Å². The molecule has 3 fully saturated rings. The topological polar surface area (TPSA) is 85.5 Å². The second kappa shape index (κ2) is 8.57. The van der Waals surface area contributed by atoms with Gasteiger partial charge < -0.3 is 10.6 Å². The number of fused-ring (bicyclic) bond motifs is 3. The standard InChI is InChI=1S/C23H25F2N5O2/c24-16-6-1-13(2-7-16)12-26-22(31)15-5-10-18-19(11-15)30-21(27-23(18)32)20(28-29-30)14-3-8-17(25)9-4-14/h1-4,6-9,15,18-21,28-29H,5,10-12H2,(H,26,31)(H,27,32). The van der Waals surface area contributed by atoms with Gasteiger partial charge in [-0.1, -0.05) is 24.3 Å². The number of carbonyl (C=O) groups excluding carboxylic acids is 2. The molecule has 2 amide bonds. The Morgan fingerprint density at radius 3 is 2.44 bits per heavy atom. The quantitative estimate of drug-likeness (QED) is 0.582. The maximum atomic E-state index is 13.3. The van der Waals surface area contributed by atoms with E-state index >= 15 is 0 Å². The molecule has 2 aliphatic heterocycles. The minimum absolute atomic E-state index is 0.0148. The Kier molecular flexibility index (Phi) is 5.62. The fourth-order valence-electron chi connectivity index (χ4n) is 5.02. The van der Waals surface area contributed by atoms with Crippen LogP contribution >= 0.6 is 0 Å². The van der Waals surface area contributed by atoms with Crippen molar-refractivity contribution >= 4 is 11.8 Å². The maximum absolute atomic E-state index is 13.3. The Bertz CT molecular complexity index is 1000. The van der Waals surface area contributed by atoms with Crippen molar-refractivity contribution < 1.29 is 18.4 Å². The Labute approximate surface area is 184 Å². The predicted molar refractivity (Wildman–Crippen MR) is 112 cm³/mol. The van der Waals surface area contributed by atoms with E-state index in [0.29, 0.717) is 25.8 Å². The molecule has 1 aliphatic carbocycles. The number of halogens is 2. The van der Waals surface area contributed by atoms with Gasteiger partial charge in [0.2, 0.25) is 11.8 Å². The highest BCUT2D eigenvalue weighted by molar-refractivity contribution is 5.83. The number of benzene rings is 2. The lowest BCUT2D eigenvalue weighted by Crippen LogP contribution is -2.65. The van der Waals surface area contributed by atoms with Crippen LogP contribution < -0.4 is 21.6 Å². The van der Waals surface area contributed by atoms with Crippen LogP contribution in [0.5, 0.6) is 0 Å². The lowest BCUT2D eigenvalue weighted by Gasteiger charge is -2.46. The van der Waals surface area contributed by atoms with Crippen molar-refractivity contribution in [1.29, 1.82) is 0 Å². The van der Waals surface area contributed by atoms with Crippen molar-refractivity contribution in [2.45, 2.75) is 44.1 Å². The van der Waals surface area contributed by atoms with E-state index < -0.39 is 0 Å².